The van der Waals surface area contributed by atoms with E-state index in [2.05, 4.69) is 0 Å². The zero-order valence-electron chi connectivity index (χ0n) is 11.0. The Morgan fingerprint density at radius 3 is 2.28 bits per heavy atom. The summed E-state index contributed by atoms with van der Waals surface area (Å²) < 4.78 is 5.14. The van der Waals surface area contributed by atoms with Gasteiger partial charge >= 0.3 is 6.09 Å². The van der Waals surface area contributed by atoms with Gasteiger partial charge in [-0.25, -0.2) is 4.79 Å². The lowest BCUT2D eigenvalue weighted by Crippen LogP contribution is -2.35. The van der Waals surface area contributed by atoms with Crippen molar-refractivity contribution in [1.82, 2.24) is 0 Å². The SMILES string of the molecule is CC(C)(C)C(Cc1ccc(C=O)cc1)OC(N)=O. The van der Waals surface area contributed by atoms with E-state index in [4.69, 9.17) is 10.5 Å². The predicted octanol–water partition coefficient (Wildman–Crippen LogP) is 2.55. The van der Waals surface area contributed by atoms with Crippen molar-refractivity contribution in [2.75, 3.05) is 0 Å². The normalized spacial score (nSPS) is 12.8. The fourth-order valence-electron chi connectivity index (χ4n) is 1.61. The molecule has 1 unspecified atom stereocenters. The highest BCUT2D eigenvalue weighted by Gasteiger charge is 2.27. The first-order chi connectivity index (χ1) is 8.32. The summed E-state index contributed by atoms with van der Waals surface area (Å²) in [5.41, 5.74) is 6.51. The van der Waals surface area contributed by atoms with Gasteiger partial charge in [0.2, 0.25) is 0 Å². The van der Waals surface area contributed by atoms with Crippen molar-refractivity contribution >= 4 is 12.4 Å². The molecule has 18 heavy (non-hydrogen) atoms. The molecule has 1 atom stereocenters. The highest BCUT2D eigenvalue weighted by molar-refractivity contribution is 5.74. The minimum absolute atomic E-state index is 0.196. The minimum atomic E-state index is -0.764. The Hall–Kier alpha value is -1.84. The Morgan fingerprint density at radius 2 is 1.89 bits per heavy atom. The second-order valence-corrected chi connectivity index (χ2v) is 5.36. The molecule has 1 aromatic rings. The number of benzene rings is 1. The van der Waals surface area contributed by atoms with Crippen molar-refractivity contribution in [2.45, 2.75) is 33.3 Å². The molecule has 0 radical (unpaired) electrons. The van der Waals surface area contributed by atoms with Crippen LogP contribution in [0.5, 0.6) is 0 Å². The molecule has 0 aliphatic rings. The monoisotopic (exact) mass is 249 g/mol. The van der Waals surface area contributed by atoms with Crippen LogP contribution in [0.2, 0.25) is 0 Å². The van der Waals surface area contributed by atoms with Crippen molar-refractivity contribution < 1.29 is 14.3 Å². The van der Waals surface area contributed by atoms with Crippen molar-refractivity contribution in [3.8, 4) is 0 Å². The summed E-state index contributed by atoms with van der Waals surface area (Å²) >= 11 is 0. The molecule has 0 aliphatic carbocycles. The van der Waals surface area contributed by atoms with Gasteiger partial charge in [0.1, 0.15) is 12.4 Å². The first-order valence-corrected chi connectivity index (χ1v) is 5.83. The Balaban J connectivity index is 2.82. The molecule has 0 bridgehead atoms. The highest BCUT2D eigenvalue weighted by atomic mass is 16.6. The summed E-state index contributed by atoms with van der Waals surface area (Å²) in [7, 11) is 0. The van der Waals surface area contributed by atoms with Gasteiger partial charge in [-0.15, -0.1) is 0 Å². The van der Waals surface area contributed by atoms with Crippen LogP contribution in [0.1, 0.15) is 36.7 Å². The van der Waals surface area contributed by atoms with Crippen LogP contribution >= 0.6 is 0 Å². The van der Waals surface area contributed by atoms with Crippen molar-refractivity contribution in [3.63, 3.8) is 0 Å². The van der Waals surface area contributed by atoms with Crippen LogP contribution in [-0.4, -0.2) is 18.5 Å². The number of aldehydes is 1. The maximum Gasteiger partial charge on any atom is 0.404 e. The van der Waals surface area contributed by atoms with E-state index < -0.39 is 6.09 Å². The van der Waals surface area contributed by atoms with E-state index in [1.165, 1.54) is 0 Å². The Bertz CT molecular complexity index is 418. The molecule has 2 N–H and O–H groups in total. The lowest BCUT2D eigenvalue weighted by molar-refractivity contribution is 0.0374. The maximum absolute atomic E-state index is 10.9. The molecule has 0 aromatic heterocycles. The van der Waals surface area contributed by atoms with Crippen LogP contribution in [0.4, 0.5) is 4.79 Å². The van der Waals surface area contributed by atoms with Gasteiger partial charge in [0, 0.05) is 12.0 Å². The molecule has 4 heteroatoms. The van der Waals surface area contributed by atoms with Crippen LogP contribution in [0.15, 0.2) is 24.3 Å². The highest BCUT2D eigenvalue weighted by Crippen LogP contribution is 2.25. The Kier molecular flexibility index (Phi) is 4.48. The number of hydrogen-bond donors (Lipinski definition) is 1. The van der Waals surface area contributed by atoms with Crippen LogP contribution < -0.4 is 5.73 Å². The largest absolute Gasteiger partial charge is 0.445 e. The van der Waals surface area contributed by atoms with Gasteiger partial charge in [-0.1, -0.05) is 45.0 Å². The van der Waals surface area contributed by atoms with Gasteiger partial charge < -0.3 is 10.5 Å². The van der Waals surface area contributed by atoms with Crippen LogP contribution in [-0.2, 0) is 11.2 Å². The summed E-state index contributed by atoms with van der Waals surface area (Å²) in [6, 6.07) is 7.19. The van der Waals surface area contributed by atoms with Crippen LogP contribution in [0.3, 0.4) is 0 Å². The standard InChI is InChI=1S/C14H19NO3/c1-14(2,3)12(18-13(15)17)8-10-4-6-11(9-16)7-5-10/h4-7,9,12H,8H2,1-3H3,(H2,15,17). The van der Waals surface area contributed by atoms with E-state index in [9.17, 15) is 9.59 Å². The number of rotatable bonds is 4. The smallest absolute Gasteiger partial charge is 0.404 e. The molecule has 98 valence electrons. The molecule has 0 spiro atoms. The van der Waals surface area contributed by atoms with Gasteiger partial charge in [0.15, 0.2) is 0 Å². The Morgan fingerprint density at radius 1 is 1.33 bits per heavy atom. The van der Waals surface area contributed by atoms with E-state index in [0.29, 0.717) is 12.0 Å². The number of carbonyl (C=O) groups excluding carboxylic acids is 2. The molecule has 0 fully saturated rings. The van der Waals surface area contributed by atoms with E-state index >= 15 is 0 Å². The van der Waals surface area contributed by atoms with Gasteiger partial charge in [0.25, 0.3) is 0 Å². The number of ether oxygens (including phenoxy) is 1. The summed E-state index contributed by atoms with van der Waals surface area (Å²) in [6.45, 7) is 5.96. The van der Waals surface area contributed by atoms with E-state index in [1.54, 1.807) is 12.1 Å². The fourth-order valence-corrected chi connectivity index (χ4v) is 1.61. The molecule has 0 saturated heterocycles. The third-order valence-electron chi connectivity index (χ3n) is 2.76. The summed E-state index contributed by atoms with van der Waals surface area (Å²) in [5, 5.41) is 0. The lowest BCUT2D eigenvalue weighted by atomic mass is 9.85. The lowest BCUT2D eigenvalue weighted by Gasteiger charge is -2.29. The number of hydrogen-bond acceptors (Lipinski definition) is 3. The molecule has 0 aliphatic heterocycles. The van der Waals surface area contributed by atoms with Crippen molar-refractivity contribution in [3.05, 3.63) is 35.4 Å². The molecule has 0 saturated carbocycles. The van der Waals surface area contributed by atoms with Gasteiger partial charge in [-0.3, -0.25) is 4.79 Å². The molecular formula is C14H19NO3. The third kappa shape index (κ3) is 4.20. The van der Waals surface area contributed by atoms with Crippen molar-refractivity contribution in [2.24, 2.45) is 11.1 Å². The Labute approximate surface area is 107 Å². The van der Waals surface area contributed by atoms with Crippen LogP contribution in [0.25, 0.3) is 0 Å². The molecule has 4 nitrogen and oxygen atoms in total. The number of carbonyl (C=O) groups is 2. The molecular weight excluding hydrogens is 230 g/mol. The third-order valence-corrected chi connectivity index (χ3v) is 2.76. The first kappa shape index (κ1) is 14.2. The zero-order chi connectivity index (χ0) is 13.8. The first-order valence-electron chi connectivity index (χ1n) is 5.83. The van der Waals surface area contributed by atoms with Gasteiger partial charge in [-0.2, -0.15) is 0 Å². The molecule has 0 heterocycles. The fraction of sp³-hybridized carbons (Fsp3) is 0.429. The van der Waals surface area contributed by atoms with E-state index in [0.717, 1.165) is 11.8 Å². The summed E-state index contributed by atoms with van der Waals surface area (Å²) in [6.07, 6.45) is 0.313. The minimum Gasteiger partial charge on any atom is -0.445 e. The topological polar surface area (TPSA) is 69.4 Å². The zero-order valence-corrected chi connectivity index (χ0v) is 11.0. The van der Waals surface area contributed by atoms with Crippen LogP contribution in [0, 0.1) is 5.41 Å². The molecule has 1 aromatic carbocycles. The maximum atomic E-state index is 10.9. The van der Waals surface area contributed by atoms with E-state index in [1.807, 2.05) is 32.9 Å². The average Bonchev–Trinajstić information content (AvgIpc) is 2.27. The van der Waals surface area contributed by atoms with E-state index in [-0.39, 0.29) is 11.5 Å². The number of primary amides is 1. The van der Waals surface area contributed by atoms with Gasteiger partial charge in [0.05, 0.1) is 0 Å². The number of nitrogens with two attached hydrogens (primary N) is 1. The number of amides is 1. The summed E-state index contributed by atoms with van der Waals surface area (Å²) in [4.78, 5) is 21.5. The average molecular weight is 249 g/mol. The summed E-state index contributed by atoms with van der Waals surface area (Å²) in [5.74, 6) is 0. The van der Waals surface area contributed by atoms with Crippen molar-refractivity contribution in [1.29, 1.82) is 0 Å². The molecule has 1 amide bonds. The van der Waals surface area contributed by atoms with Gasteiger partial charge in [-0.05, 0) is 11.0 Å². The second-order valence-electron chi connectivity index (χ2n) is 5.36. The second kappa shape index (κ2) is 5.67. The molecule has 1 rings (SSSR count). The quantitative estimate of drug-likeness (QED) is 0.834. The predicted molar refractivity (Wildman–Crippen MR) is 69.4 cm³/mol.